The first-order chi connectivity index (χ1) is 17.0. The number of carbonyl (C=O) groups excluding carboxylic acids is 1. The number of halogens is 1. The number of H-pyrrole nitrogens is 1. The van der Waals surface area contributed by atoms with Crippen LogP contribution in [0.5, 0.6) is 5.75 Å². The molecule has 35 heavy (non-hydrogen) atoms. The van der Waals surface area contributed by atoms with E-state index in [-0.39, 0.29) is 29.7 Å². The Balaban J connectivity index is 1.34. The summed E-state index contributed by atoms with van der Waals surface area (Å²) in [6.45, 7) is 1.78. The van der Waals surface area contributed by atoms with Gasteiger partial charge >= 0.3 is 6.09 Å². The highest BCUT2D eigenvalue weighted by Crippen LogP contribution is 2.33. The minimum Gasteiger partial charge on any atom is -0.406 e. The van der Waals surface area contributed by atoms with E-state index in [1.165, 1.54) is 12.1 Å². The smallest absolute Gasteiger partial charge is 0.406 e. The minimum atomic E-state index is -0.548. The van der Waals surface area contributed by atoms with Crippen molar-refractivity contribution in [2.75, 3.05) is 13.1 Å². The van der Waals surface area contributed by atoms with E-state index in [2.05, 4.69) is 20.6 Å². The van der Waals surface area contributed by atoms with Gasteiger partial charge in [0.25, 0.3) is 0 Å². The Labute approximate surface area is 200 Å². The second-order valence-corrected chi connectivity index (χ2v) is 9.35. The standard InChI is InChI=1S/C24H27FN8O2/c25-13-1-4-17-19(9-13)33(16-5-7-27-8-6-16)32-21(17)18-11-28-23-22(31-18)20(12-29-23)35-24(34)30-15-3-2-14(26)10-15/h1,4,9,11-12,14-16,27H,2-3,5-8,10,26H2,(H,28,29)(H,30,34). The van der Waals surface area contributed by atoms with Crippen LogP contribution in [0.2, 0.25) is 0 Å². The van der Waals surface area contributed by atoms with Crippen molar-refractivity contribution in [1.29, 1.82) is 0 Å². The molecule has 11 heteroatoms. The summed E-state index contributed by atoms with van der Waals surface area (Å²) >= 11 is 0. The molecule has 0 spiro atoms. The largest absolute Gasteiger partial charge is 0.412 e. The van der Waals surface area contributed by atoms with Crippen LogP contribution in [0, 0.1) is 5.82 Å². The predicted octanol–water partition coefficient (Wildman–Crippen LogP) is 3.01. The van der Waals surface area contributed by atoms with E-state index in [0.717, 1.165) is 56.1 Å². The van der Waals surface area contributed by atoms with Crippen molar-refractivity contribution >= 4 is 28.2 Å². The number of aromatic nitrogens is 5. The van der Waals surface area contributed by atoms with Gasteiger partial charge in [-0.3, -0.25) is 4.68 Å². The van der Waals surface area contributed by atoms with Crippen molar-refractivity contribution in [2.24, 2.45) is 5.73 Å². The predicted molar refractivity (Wildman–Crippen MR) is 128 cm³/mol. The summed E-state index contributed by atoms with van der Waals surface area (Å²) in [7, 11) is 0. The fourth-order valence-electron chi connectivity index (χ4n) is 5.13. The number of hydrogen-bond donors (Lipinski definition) is 4. The van der Waals surface area contributed by atoms with Crippen LogP contribution in [0.15, 0.2) is 30.6 Å². The zero-order chi connectivity index (χ0) is 23.9. The van der Waals surface area contributed by atoms with Crippen LogP contribution in [0.4, 0.5) is 9.18 Å². The van der Waals surface area contributed by atoms with Gasteiger partial charge in [0.2, 0.25) is 0 Å². The molecule has 2 fully saturated rings. The number of aromatic amines is 1. The Morgan fingerprint density at radius 2 is 2.09 bits per heavy atom. The number of nitrogens with two attached hydrogens (primary N) is 1. The van der Waals surface area contributed by atoms with Gasteiger partial charge in [0.1, 0.15) is 17.2 Å². The zero-order valence-corrected chi connectivity index (χ0v) is 19.1. The monoisotopic (exact) mass is 478 g/mol. The summed E-state index contributed by atoms with van der Waals surface area (Å²) in [5, 5.41) is 11.9. The molecule has 6 rings (SSSR count). The Hall–Kier alpha value is -3.57. The maximum atomic E-state index is 14.2. The number of hydrogen-bond acceptors (Lipinski definition) is 7. The van der Waals surface area contributed by atoms with Gasteiger partial charge in [-0.25, -0.2) is 19.2 Å². The number of nitrogens with one attached hydrogen (secondary N) is 3. The van der Waals surface area contributed by atoms with Crippen LogP contribution in [0.1, 0.15) is 38.1 Å². The number of ether oxygens (including phenoxy) is 1. The quantitative estimate of drug-likeness (QED) is 0.354. The SMILES string of the molecule is NC1CCC(NC(=O)Oc2c[nH]c3ncc(-c4nn(C5CCNCC5)c5cc(F)ccc45)nc23)C1. The molecule has 1 aliphatic carbocycles. The number of fused-ring (bicyclic) bond motifs is 2. The number of benzene rings is 1. The highest BCUT2D eigenvalue weighted by Gasteiger charge is 2.25. The van der Waals surface area contributed by atoms with Crippen LogP contribution in [0.25, 0.3) is 33.5 Å². The topological polar surface area (TPSA) is 136 Å². The van der Waals surface area contributed by atoms with E-state index in [0.29, 0.717) is 22.6 Å². The normalized spacial score (nSPS) is 21.1. The van der Waals surface area contributed by atoms with E-state index < -0.39 is 6.09 Å². The molecular weight excluding hydrogens is 451 g/mol. The minimum absolute atomic E-state index is 0.00932. The van der Waals surface area contributed by atoms with Crippen molar-refractivity contribution in [3.63, 3.8) is 0 Å². The van der Waals surface area contributed by atoms with Crippen molar-refractivity contribution in [2.45, 2.75) is 50.2 Å². The molecule has 4 aromatic rings. The average molecular weight is 479 g/mol. The number of rotatable bonds is 4. The van der Waals surface area contributed by atoms with Crippen molar-refractivity contribution < 1.29 is 13.9 Å². The van der Waals surface area contributed by atoms with Crippen LogP contribution in [-0.2, 0) is 0 Å². The Kier molecular flexibility index (Phi) is 5.57. The fraction of sp³-hybridized carbons (Fsp3) is 0.417. The maximum absolute atomic E-state index is 14.2. The molecule has 2 unspecified atom stereocenters. The van der Waals surface area contributed by atoms with E-state index in [1.54, 1.807) is 18.5 Å². The lowest BCUT2D eigenvalue weighted by atomic mass is 10.1. The second-order valence-electron chi connectivity index (χ2n) is 9.35. The van der Waals surface area contributed by atoms with E-state index in [9.17, 15) is 9.18 Å². The van der Waals surface area contributed by atoms with E-state index in [4.69, 9.17) is 20.6 Å². The van der Waals surface area contributed by atoms with Gasteiger partial charge in [0, 0.05) is 23.7 Å². The summed E-state index contributed by atoms with van der Waals surface area (Å²) in [5.74, 6) is -0.0292. The number of amides is 1. The van der Waals surface area contributed by atoms with Gasteiger partial charge in [-0.15, -0.1) is 0 Å². The molecule has 1 aliphatic heterocycles. The van der Waals surface area contributed by atoms with Gasteiger partial charge in [0.05, 0.1) is 17.8 Å². The Morgan fingerprint density at radius 3 is 2.89 bits per heavy atom. The fourth-order valence-corrected chi connectivity index (χ4v) is 5.13. The molecular formula is C24H27FN8O2. The molecule has 0 bridgehead atoms. The highest BCUT2D eigenvalue weighted by atomic mass is 19.1. The molecule has 2 atom stereocenters. The molecule has 1 saturated carbocycles. The first-order valence-corrected chi connectivity index (χ1v) is 12.0. The Morgan fingerprint density at radius 1 is 1.23 bits per heavy atom. The van der Waals surface area contributed by atoms with E-state index in [1.807, 2.05) is 4.68 Å². The van der Waals surface area contributed by atoms with E-state index >= 15 is 0 Å². The summed E-state index contributed by atoms with van der Waals surface area (Å²) < 4.78 is 21.6. The zero-order valence-electron chi connectivity index (χ0n) is 19.1. The second kappa shape index (κ2) is 8.90. The molecule has 1 aromatic carbocycles. The summed E-state index contributed by atoms with van der Waals surface area (Å²) in [5.41, 5.74) is 8.72. The maximum Gasteiger partial charge on any atom is 0.412 e. The third kappa shape index (κ3) is 4.21. The van der Waals surface area contributed by atoms with Gasteiger partial charge in [0.15, 0.2) is 16.9 Å². The highest BCUT2D eigenvalue weighted by molar-refractivity contribution is 5.94. The van der Waals surface area contributed by atoms with Crippen LogP contribution < -0.4 is 21.1 Å². The summed E-state index contributed by atoms with van der Waals surface area (Å²) in [6, 6.07) is 4.96. The Bertz CT molecular complexity index is 1390. The third-order valence-corrected chi connectivity index (χ3v) is 6.91. The molecule has 4 heterocycles. The number of piperidine rings is 1. The molecule has 2 aliphatic rings. The first kappa shape index (κ1) is 21.9. The first-order valence-electron chi connectivity index (χ1n) is 12.0. The van der Waals surface area contributed by atoms with Crippen LogP contribution >= 0.6 is 0 Å². The summed E-state index contributed by atoms with van der Waals surface area (Å²) in [6.07, 6.45) is 6.92. The van der Waals surface area contributed by atoms with Crippen molar-refractivity contribution in [3.8, 4) is 17.1 Å². The molecule has 3 aromatic heterocycles. The molecule has 182 valence electrons. The van der Waals surface area contributed by atoms with Crippen LogP contribution in [-0.4, -0.2) is 56.0 Å². The van der Waals surface area contributed by atoms with Crippen molar-refractivity contribution in [3.05, 3.63) is 36.4 Å². The molecule has 5 N–H and O–H groups in total. The average Bonchev–Trinajstić information content (AvgIpc) is 3.56. The summed E-state index contributed by atoms with van der Waals surface area (Å²) in [4.78, 5) is 24.7. The lowest BCUT2D eigenvalue weighted by molar-refractivity contribution is 0.196. The third-order valence-electron chi connectivity index (χ3n) is 6.91. The lowest BCUT2D eigenvalue weighted by Gasteiger charge is -2.23. The number of nitrogens with zero attached hydrogens (tertiary/aromatic N) is 4. The molecule has 0 radical (unpaired) electrons. The number of carbonyl (C=O) groups is 1. The van der Waals surface area contributed by atoms with Crippen LogP contribution in [0.3, 0.4) is 0 Å². The van der Waals surface area contributed by atoms with Gasteiger partial charge in [-0.2, -0.15) is 5.10 Å². The van der Waals surface area contributed by atoms with Gasteiger partial charge < -0.3 is 26.1 Å². The molecule has 1 amide bonds. The molecule has 1 saturated heterocycles. The lowest BCUT2D eigenvalue weighted by Crippen LogP contribution is -2.36. The molecule has 10 nitrogen and oxygen atoms in total. The van der Waals surface area contributed by atoms with Crippen molar-refractivity contribution in [1.82, 2.24) is 35.4 Å². The van der Waals surface area contributed by atoms with Gasteiger partial charge in [-0.05, 0) is 63.4 Å². The van der Waals surface area contributed by atoms with Gasteiger partial charge in [-0.1, -0.05) is 0 Å².